The molecule has 1 atom stereocenters. The highest BCUT2D eigenvalue weighted by Gasteiger charge is 2.41. The lowest BCUT2D eigenvalue weighted by atomic mass is 10.2. The quantitative estimate of drug-likeness (QED) is 0.412. The van der Waals surface area contributed by atoms with E-state index in [9.17, 15) is 18.0 Å². The van der Waals surface area contributed by atoms with Crippen LogP contribution >= 0.6 is 27.3 Å². The van der Waals surface area contributed by atoms with Gasteiger partial charge in [0.05, 0.1) is 15.7 Å². The molecular weight excluding hydrogens is 610 g/mol. The van der Waals surface area contributed by atoms with E-state index in [1.165, 1.54) is 36.6 Å². The summed E-state index contributed by atoms with van der Waals surface area (Å²) < 4.78 is 68.0. The van der Waals surface area contributed by atoms with Gasteiger partial charge >= 0.3 is 12.2 Å². The second-order valence-electron chi connectivity index (χ2n) is 10.5. The largest absolute Gasteiger partial charge is 0.444 e. The fourth-order valence-corrected chi connectivity index (χ4v) is 6.06. The maximum Gasteiger partial charge on any atom is 0.430 e. The summed E-state index contributed by atoms with van der Waals surface area (Å²) in [5.74, 6) is -3.24. The molecule has 1 aliphatic heterocycles. The number of hydrogen-bond acceptors (Lipinski definition) is 9. The van der Waals surface area contributed by atoms with Gasteiger partial charge in [0.2, 0.25) is 0 Å². The molecule has 38 heavy (non-hydrogen) atoms. The summed E-state index contributed by atoms with van der Waals surface area (Å²) >= 11 is 3.99. The predicted molar refractivity (Wildman–Crippen MR) is 142 cm³/mol. The van der Waals surface area contributed by atoms with E-state index in [0.29, 0.717) is 13.0 Å². The number of sulfonamides is 1. The number of anilines is 2. The molecular formula is C23H29BrF2N4O6S2. The molecule has 0 radical (unpaired) electrons. The van der Waals surface area contributed by atoms with Crippen LogP contribution in [0.5, 0.6) is 0 Å². The number of aromatic nitrogens is 1. The van der Waals surface area contributed by atoms with Crippen molar-refractivity contribution in [3.05, 3.63) is 33.1 Å². The van der Waals surface area contributed by atoms with Crippen LogP contribution in [0.1, 0.15) is 48.0 Å². The van der Waals surface area contributed by atoms with Crippen molar-refractivity contribution in [2.45, 2.75) is 70.1 Å². The van der Waals surface area contributed by atoms with Crippen LogP contribution in [-0.2, 0) is 19.5 Å². The van der Waals surface area contributed by atoms with E-state index in [1.807, 2.05) is 0 Å². The zero-order valence-electron chi connectivity index (χ0n) is 21.7. The molecule has 2 aromatic rings. The number of benzene rings is 1. The Bertz CT molecular complexity index is 1310. The molecule has 1 aliphatic rings. The van der Waals surface area contributed by atoms with Crippen LogP contribution in [0.3, 0.4) is 0 Å². The molecule has 0 unspecified atom stereocenters. The molecule has 1 aromatic carbocycles. The van der Waals surface area contributed by atoms with Gasteiger partial charge in [0.1, 0.15) is 17.0 Å². The van der Waals surface area contributed by atoms with Gasteiger partial charge in [-0.25, -0.2) is 31.8 Å². The molecule has 1 fully saturated rings. The lowest BCUT2D eigenvalue weighted by Gasteiger charge is -2.26. The van der Waals surface area contributed by atoms with Gasteiger partial charge in [0.15, 0.2) is 16.5 Å². The second-order valence-corrected chi connectivity index (χ2v) is 13.8. The predicted octanol–water partition coefficient (Wildman–Crippen LogP) is 5.74. The van der Waals surface area contributed by atoms with E-state index in [4.69, 9.17) is 9.47 Å². The number of ether oxygens (including phenoxy) is 2. The Labute approximate surface area is 232 Å². The third kappa shape index (κ3) is 6.91. The zero-order valence-corrected chi connectivity index (χ0v) is 24.9. The van der Waals surface area contributed by atoms with E-state index in [1.54, 1.807) is 20.8 Å². The first kappa shape index (κ1) is 30.0. The number of hydrogen-bond donors (Lipinski definition) is 1. The smallest absolute Gasteiger partial charge is 0.430 e. The molecule has 2 heterocycles. The summed E-state index contributed by atoms with van der Waals surface area (Å²) in [5, 5.41) is 4.18. The third-order valence-electron chi connectivity index (χ3n) is 5.00. The Balaban J connectivity index is 1.91. The SMILES string of the molecule is CC(C)(C)OC(=O)N1CC[C@H](Nc2cc(F)c(S(=O)(=O)N(C(=O)OC(C)(C)C)c3cscn3)c(F)c2Br)C1. The van der Waals surface area contributed by atoms with Gasteiger partial charge in [0.25, 0.3) is 10.0 Å². The third-order valence-corrected chi connectivity index (χ3v) is 8.06. The van der Waals surface area contributed by atoms with Crippen molar-refractivity contribution in [2.75, 3.05) is 22.7 Å². The number of nitrogens with one attached hydrogen (secondary N) is 1. The van der Waals surface area contributed by atoms with Gasteiger partial charge in [-0.3, -0.25) is 0 Å². The van der Waals surface area contributed by atoms with E-state index in [-0.39, 0.29) is 32.9 Å². The number of carbonyl (C=O) groups excluding carboxylic acids is 2. The minimum atomic E-state index is -5.14. The van der Waals surface area contributed by atoms with E-state index >= 15 is 8.78 Å². The molecule has 1 saturated heterocycles. The van der Waals surface area contributed by atoms with Crippen molar-refractivity contribution < 1.29 is 36.3 Å². The van der Waals surface area contributed by atoms with Crippen LogP contribution in [0.25, 0.3) is 0 Å². The van der Waals surface area contributed by atoms with Gasteiger partial charge in [-0.2, -0.15) is 0 Å². The lowest BCUT2D eigenvalue weighted by Crippen LogP contribution is -2.42. The molecule has 15 heteroatoms. The molecule has 1 N–H and O–H groups in total. The minimum absolute atomic E-state index is 0.0625. The highest BCUT2D eigenvalue weighted by molar-refractivity contribution is 9.10. The molecule has 0 aliphatic carbocycles. The van der Waals surface area contributed by atoms with Crippen molar-refractivity contribution in [1.29, 1.82) is 0 Å². The number of halogens is 3. The number of carbonyl (C=O) groups is 2. The monoisotopic (exact) mass is 638 g/mol. The molecule has 1 aromatic heterocycles. The van der Waals surface area contributed by atoms with E-state index in [2.05, 4.69) is 26.2 Å². The molecule has 210 valence electrons. The standard InChI is InChI=1S/C23H29BrF2N4O6S2/c1-22(2,3)35-20(31)29-8-7-13(10-29)28-15-9-14(25)19(18(26)17(15)24)38(33,34)30(16-11-37-12-27-16)21(32)36-23(4,5)6/h9,11-13,28H,7-8,10H2,1-6H3/t13-/m0/s1. The summed E-state index contributed by atoms with van der Waals surface area (Å²) in [5.41, 5.74) is -0.571. The zero-order chi connectivity index (χ0) is 28.6. The highest BCUT2D eigenvalue weighted by Crippen LogP contribution is 2.37. The number of nitrogens with zero attached hydrogens (tertiary/aromatic N) is 3. The molecule has 3 rings (SSSR count). The lowest BCUT2D eigenvalue weighted by molar-refractivity contribution is 0.0293. The Morgan fingerprint density at radius 1 is 1.18 bits per heavy atom. The van der Waals surface area contributed by atoms with Crippen molar-refractivity contribution in [3.8, 4) is 0 Å². The van der Waals surface area contributed by atoms with Gasteiger partial charge in [-0.05, 0) is 70.0 Å². The summed E-state index contributed by atoms with van der Waals surface area (Å²) in [6.45, 7) is 10.3. The topological polar surface area (TPSA) is 118 Å². The molecule has 0 saturated carbocycles. The van der Waals surface area contributed by atoms with Crippen LogP contribution in [0, 0.1) is 11.6 Å². The Hall–Kier alpha value is -2.52. The summed E-state index contributed by atoms with van der Waals surface area (Å²) in [6.07, 6.45) is -1.41. The van der Waals surface area contributed by atoms with Crippen LogP contribution < -0.4 is 9.62 Å². The Morgan fingerprint density at radius 2 is 1.82 bits per heavy atom. The summed E-state index contributed by atoms with van der Waals surface area (Å²) in [6, 6.07) is 0.429. The minimum Gasteiger partial charge on any atom is -0.444 e. The number of likely N-dealkylation sites (tertiary alicyclic amines) is 1. The van der Waals surface area contributed by atoms with Gasteiger partial charge in [-0.15, -0.1) is 15.6 Å². The number of rotatable bonds is 5. The van der Waals surface area contributed by atoms with E-state index in [0.717, 1.165) is 17.4 Å². The highest BCUT2D eigenvalue weighted by atomic mass is 79.9. The maximum absolute atomic E-state index is 15.5. The van der Waals surface area contributed by atoms with Crippen LogP contribution in [0.15, 0.2) is 26.3 Å². The van der Waals surface area contributed by atoms with Gasteiger partial charge in [-0.1, -0.05) is 0 Å². The van der Waals surface area contributed by atoms with Crippen LogP contribution in [-0.4, -0.2) is 60.8 Å². The number of amides is 2. The Morgan fingerprint density at radius 3 is 2.37 bits per heavy atom. The normalized spacial score (nSPS) is 16.3. The van der Waals surface area contributed by atoms with Crippen molar-refractivity contribution >= 4 is 61.0 Å². The molecule has 2 amide bonds. The van der Waals surface area contributed by atoms with Crippen molar-refractivity contribution in [1.82, 2.24) is 9.88 Å². The van der Waals surface area contributed by atoms with Crippen molar-refractivity contribution in [3.63, 3.8) is 0 Å². The fraction of sp³-hybridized carbons (Fsp3) is 0.522. The van der Waals surface area contributed by atoms with Crippen LogP contribution in [0.4, 0.5) is 29.9 Å². The van der Waals surface area contributed by atoms with Crippen LogP contribution in [0.2, 0.25) is 0 Å². The maximum atomic E-state index is 15.5. The summed E-state index contributed by atoms with van der Waals surface area (Å²) in [4.78, 5) is 29.1. The first-order valence-electron chi connectivity index (χ1n) is 11.5. The number of thiazole rings is 1. The first-order valence-corrected chi connectivity index (χ1v) is 14.7. The van der Waals surface area contributed by atoms with Gasteiger partial charge in [0, 0.05) is 24.5 Å². The first-order chi connectivity index (χ1) is 17.4. The molecule has 0 spiro atoms. The fourth-order valence-electron chi connectivity index (χ4n) is 3.53. The van der Waals surface area contributed by atoms with E-state index < -0.39 is 49.9 Å². The average molecular weight is 640 g/mol. The van der Waals surface area contributed by atoms with Gasteiger partial charge < -0.3 is 19.7 Å². The summed E-state index contributed by atoms with van der Waals surface area (Å²) in [7, 11) is -5.14. The molecule has 0 bridgehead atoms. The average Bonchev–Trinajstić information content (AvgIpc) is 3.41. The second kappa shape index (κ2) is 10.9. The Kier molecular flexibility index (Phi) is 8.63. The van der Waals surface area contributed by atoms with Crippen molar-refractivity contribution in [2.24, 2.45) is 0 Å². The molecule has 10 nitrogen and oxygen atoms in total.